The number of nitrogens with zero attached hydrogens (tertiary/aromatic N) is 3. The van der Waals surface area contributed by atoms with E-state index in [1.54, 1.807) is 6.20 Å². The van der Waals surface area contributed by atoms with Crippen LogP contribution in [0.2, 0.25) is 0 Å². The van der Waals surface area contributed by atoms with Crippen LogP contribution in [0.3, 0.4) is 0 Å². The van der Waals surface area contributed by atoms with Gasteiger partial charge in [-0.1, -0.05) is 36.4 Å². The predicted octanol–water partition coefficient (Wildman–Crippen LogP) is 4.04. The fraction of sp³-hybridized carbons (Fsp3) is 0.130. The molecule has 0 N–H and O–H groups in total. The van der Waals surface area contributed by atoms with E-state index in [0.717, 1.165) is 22.5 Å². The Bertz CT molecular complexity index is 1150. The topological polar surface area (TPSA) is 38.1 Å². The first-order chi connectivity index (χ1) is 13.1. The molecule has 0 unspecified atom stereocenters. The van der Waals surface area contributed by atoms with E-state index >= 15 is 0 Å². The summed E-state index contributed by atoms with van der Waals surface area (Å²) in [5.74, 6) is 0. The normalized spacial score (nSPS) is 10.9. The molecule has 0 saturated heterocycles. The Labute approximate surface area is 158 Å². The van der Waals surface area contributed by atoms with Crippen LogP contribution in [0.15, 0.2) is 83.9 Å². The second kappa shape index (κ2) is 7.08. The van der Waals surface area contributed by atoms with E-state index in [-0.39, 0.29) is 5.43 Å². The molecule has 0 aliphatic carbocycles. The van der Waals surface area contributed by atoms with Gasteiger partial charge in [-0.3, -0.25) is 4.79 Å². The lowest BCUT2D eigenvalue weighted by atomic mass is 10.0. The summed E-state index contributed by atoms with van der Waals surface area (Å²) in [5, 5.41) is 0.640. The molecule has 0 fully saturated rings. The highest BCUT2D eigenvalue weighted by Gasteiger charge is 2.12. The lowest BCUT2D eigenvalue weighted by Crippen LogP contribution is -2.16. The van der Waals surface area contributed by atoms with E-state index in [0.29, 0.717) is 17.5 Å². The molecule has 4 nitrogen and oxygen atoms in total. The van der Waals surface area contributed by atoms with Crippen LogP contribution in [0, 0.1) is 0 Å². The minimum Gasteiger partial charge on any atom is -0.378 e. The van der Waals surface area contributed by atoms with Crippen LogP contribution in [0.25, 0.3) is 16.7 Å². The Morgan fingerprint density at radius 1 is 0.963 bits per heavy atom. The Hall–Kier alpha value is -3.40. The highest BCUT2D eigenvalue weighted by atomic mass is 16.1. The number of aromatic nitrogens is 2. The SMILES string of the molecule is CN(C)c1cccc(-n2cc(Cc3ccccc3)c(=O)c3cccnc32)c1. The average Bonchev–Trinajstić information content (AvgIpc) is 2.71. The summed E-state index contributed by atoms with van der Waals surface area (Å²) < 4.78 is 2.02. The van der Waals surface area contributed by atoms with E-state index in [9.17, 15) is 4.79 Å². The average molecular weight is 355 g/mol. The molecular formula is C23H21N3O. The highest BCUT2D eigenvalue weighted by Crippen LogP contribution is 2.21. The maximum absolute atomic E-state index is 13.0. The van der Waals surface area contributed by atoms with Crippen molar-refractivity contribution in [3.63, 3.8) is 0 Å². The van der Waals surface area contributed by atoms with Crippen molar-refractivity contribution in [2.24, 2.45) is 0 Å². The Balaban J connectivity index is 1.93. The molecule has 4 aromatic rings. The van der Waals surface area contributed by atoms with Gasteiger partial charge in [-0.2, -0.15) is 0 Å². The molecule has 4 heteroatoms. The molecule has 0 saturated carbocycles. The maximum atomic E-state index is 13.0. The third kappa shape index (κ3) is 3.34. The summed E-state index contributed by atoms with van der Waals surface area (Å²) in [4.78, 5) is 19.6. The van der Waals surface area contributed by atoms with Crippen LogP contribution < -0.4 is 10.3 Å². The summed E-state index contributed by atoms with van der Waals surface area (Å²) in [6.45, 7) is 0. The number of hydrogen-bond donors (Lipinski definition) is 0. The van der Waals surface area contributed by atoms with Gasteiger partial charge < -0.3 is 9.47 Å². The van der Waals surface area contributed by atoms with Gasteiger partial charge in [0.1, 0.15) is 5.65 Å². The van der Waals surface area contributed by atoms with E-state index in [1.165, 1.54) is 0 Å². The monoisotopic (exact) mass is 355 g/mol. The number of hydrogen-bond acceptors (Lipinski definition) is 3. The Morgan fingerprint density at radius 2 is 1.78 bits per heavy atom. The van der Waals surface area contributed by atoms with Crippen molar-refractivity contribution in [1.29, 1.82) is 0 Å². The third-order valence-corrected chi connectivity index (χ3v) is 4.70. The van der Waals surface area contributed by atoms with E-state index < -0.39 is 0 Å². The van der Waals surface area contributed by atoms with Crippen LogP contribution in [-0.2, 0) is 6.42 Å². The zero-order valence-corrected chi connectivity index (χ0v) is 15.5. The van der Waals surface area contributed by atoms with Crippen molar-refractivity contribution < 1.29 is 0 Å². The molecule has 0 atom stereocenters. The molecule has 2 heterocycles. The predicted molar refractivity (Wildman–Crippen MR) is 111 cm³/mol. The molecule has 0 bridgehead atoms. The number of pyridine rings is 2. The zero-order chi connectivity index (χ0) is 18.8. The first kappa shape index (κ1) is 17.0. The number of fused-ring (bicyclic) bond motifs is 1. The van der Waals surface area contributed by atoms with E-state index in [2.05, 4.69) is 22.0 Å². The standard InChI is InChI=1S/C23H21N3O/c1-25(2)19-10-6-11-20(15-19)26-16-18(14-17-8-4-3-5-9-17)22(27)21-12-7-13-24-23(21)26/h3-13,15-16H,14H2,1-2H3. The van der Waals surface area contributed by atoms with Crippen LogP contribution in [0.1, 0.15) is 11.1 Å². The molecule has 2 aromatic carbocycles. The van der Waals surface area contributed by atoms with Gasteiger partial charge in [0.05, 0.1) is 5.39 Å². The quantitative estimate of drug-likeness (QED) is 0.554. The Morgan fingerprint density at radius 3 is 2.56 bits per heavy atom. The first-order valence-corrected chi connectivity index (χ1v) is 8.94. The lowest BCUT2D eigenvalue weighted by Gasteiger charge is -2.17. The van der Waals surface area contributed by atoms with Crippen molar-refractivity contribution in [2.45, 2.75) is 6.42 Å². The fourth-order valence-electron chi connectivity index (χ4n) is 3.27. The molecule has 0 aliphatic rings. The maximum Gasteiger partial charge on any atom is 0.194 e. The number of rotatable bonds is 4. The molecule has 0 spiro atoms. The van der Waals surface area contributed by atoms with Crippen LogP contribution >= 0.6 is 0 Å². The van der Waals surface area contributed by atoms with Gasteiger partial charge in [0.15, 0.2) is 5.43 Å². The summed E-state index contributed by atoms with van der Waals surface area (Å²) in [6.07, 6.45) is 4.25. The minimum atomic E-state index is 0.0435. The van der Waals surface area contributed by atoms with Crippen LogP contribution in [0.5, 0.6) is 0 Å². The molecular weight excluding hydrogens is 334 g/mol. The molecule has 134 valence electrons. The van der Waals surface area contributed by atoms with E-state index in [4.69, 9.17) is 0 Å². The van der Waals surface area contributed by atoms with E-state index in [1.807, 2.05) is 79.5 Å². The molecule has 4 rings (SSSR count). The number of benzene rings is 2. The fourth-order valence-corrected chi connectivity index (χ4v) is 3.27. The Kier molecular flexibility index (Phi) is 4.47. The van der Waals surface area contributed by atoms with Crippen LogP contribution in [0.4, 0.5) is 5.69 Å². The summed E-state index contributed by atoms with van der Waals surface area (Å²) in [6, 6.07) is 22.0. The van der Waals surface area contributed by atoms with Crippen molar-refractivity contribution in [3.8, 4) is 5.69 Å². The van der Waals surface area contributed by atoms with Gasteiger partial charge in [0, 0.05) is 49.8 Å². The minimum absolute atomic E-state index is 0.0435. The summed E-state index contributed by atoms with van der Waals surface area (Å²) in [7, 11) is 4.03. The van der Waals surface area contributed by atoms with Gasteiger partial charge in [0.25, 0.3) is 0 Å². The second-order valence-electron chi connectivity index (χ2n) is 6.80. The smallest absolute Gasteiger partial charge is 0.194 e. The van der Waals surface area contributed by atoms with Crippen LogP contribution in [-0.4, -0.2) is 23.6 Å². The molecule has 0 amide bonds. The van der Waals surface area contributed by atoms with Gasteiger partial charge in [-0.25, -0.2) is 4.98 Å². The van der Waals surface area contributed by atoms with Gasteiger partial charge >= 0.3 is 0 Å². The summed E-state index contributed by atoms with van der Waals surface area (Å²) in [5.41, 5.74) is 4.68. The van der Waals surface area contributed by atoms with Crippen molar-refractivity contribution in [1.82, 2.24) is 9.55 Å². The zero-order valence-electron chi connectivity index (χ0n) is 15.5. The van der Waals surface area contributed by atoms with Crippen molar-refractivity contribution in [3.05, 3.63) is 100 Å². The molecule has 0 radical (unpaired) electrons. The van der Waals surface area contributed by atoms with Crippen molar-refractivity contribution in [2.75, 3.05) is 19.0 Å². The number of anilines is 1. The molecule has 27 heavy (non-hydrogen) atoms. The lowest BCUT2D eigenvalue weighted by molar-refractivity contribution is 1.01. The third-order valence-electron chi connectivity index (χ3n) is 4.70. The van der Waals surface area contributed by atoms with Gasteiger partial charge in [-0.15, -0.1) is 0 Å². The molecule has 0 aliphatic heterocycles. The second-order valence-corrected chi connectivity index (χ2v) is 6.80. The largest absolute Gasteiger partial charge is 0.378 e. The van der Waals surface area contributed by atoms with Gasteiger partial charge in [0.2, 0.25) is 0 Å². The summed E-state index contributed by atoms with van der Waals surface area (Å²) >= 11 is 0. The highest BCUT2D eigenvalue weighted by molar-refractivity contribution is 5.77. The first-order valence-electron chi connectivity index (χ1n) is 8.94. The van der Waals surface area contributed by atoms with Crippen molar-refractivity contribution >= 4 is 16.7 Å². The molecule has 2 aromatic heterocycles. The van der Waals surface area contributed by atoms with Gasteiger partial charge in [-0.05, 0) is 35.9 Å².